The number of nitrogens with one attached hydrogen (secondary N) is 1. The van der Waals surface area contributed by atoms with Crippen molar-refractivity contribution < 1.29 is 27.9 Å². The number of hydrogen-bond donors (Lipinski definition) is 2. The van der Waals surface area contributed by atoms with Gasteiger partial charge in [-0.25, -0.2) is 13.2 Å². The second kappa shape index (κ2) is 9.82. The maximum atomic E-state index is 12.6. The molecular formula is C18H26N2O6S. The largest absolute Gasteiger partial charge is 0.480 e. The Morgan fingerprint density at radius 1 is 1.22 bits per heavy atom. The van der Waals surface area contributed by atoms with Crippen LogP contribution in [0.1, 0.15) is 31.7 Å². The van der Waals surface area contributed by atoms with Crippen LogP contribution in [0, 0.1) is 0 Å². The molecule has 0 aliphatic carbocycles. The van der Waals surface area contributed by atoms with E-state index < -0.39 is 22.0 Å². The van der Waals surface area contributed by atoms with Crippen molar-refractivity contribution in [3.63, 3.8) is 0 Å². The van der Waals surface area contributed by atoms with Gasteiger partial charge < -0.3 is 15.2 Å². The molecule has 2 rings (SSSR count). The number of carboxylic acid groups (broad SMARTS) is 1. The van der Waals surface area contributed by atoms with Gasteiger partial charge in [0.2, 0.25) is 15.9 Å². The van der Waals surface area contributed by atoms with E-state index >= 15 is 0 Å². The van der Waals surface area contributed by atoms with E-state index in [1.54, 1.807) is 12.1 Å². The van der Waals surface area contributed by atoms with Gasteiger partial charge in [0.15, 0.2) is 0 Å². The molecule has 0 spiro atoms. The van der Waals surface area contributed by atoms with Crippen LogP contribution in [0.3, 0.4) is 0 Å². The highest BCUT2D eigenvalue weighted by atomic mass is 32.2. The minimum atomic E-state index is -3.53. The van der Waals surface area contributed by atoms with Gasteiger partial charge in [0.05, 0.1) is 18.1 Å². The first kappa shape index (κ1) is 21.3. The lowest BCUT2D eigenvalue weighted by Crippen LogP contribution is -2.40. The van der Waals surface area contributed by atoms with E-state index in [-0.39, 0.29) is 17.2 Å². The molecule has 150 valence electrons. The van der Waals surface area contributed by atoms with Crippen molar-refractivity contribution in [2.24, 2.45) is 0 Å². The predicted octanol–water partition coefficient (Wildman–Crippen LogP) is 1.01. The highest BCUT2D eigenvalue weighted by Gasteiger charge is 2.26. The second-order valence-corrected chi connectivity index (χ2v) is 8.35. The summed E-state index contributed by atoms with van der Waals surface area (Å²) in [6, 6.07) is 5.57. The third kappa shape index (κ3) is 6.02. The standard InChI is InChI=1S/C18H26N2O6S/c1-2-3-16(18(22)23)19-17(21)9-6-14-4-7-15(8-5-14)27(24,25)20-10-12-26-13-11-20/h4-5,7-8,16H,2-3,6,9-13H2,1H3,(H,19,21)(H,22,23). The lowest BCUT2D eigenvalue weighted by Gasteiger charge is -2.26. The van der Waals surface area contributed by atoms with Crippen LogP contribution in [0.15, 0.2) is 29.2 Å². The Bertz CT molecular complexity index is 742. The Labute approximate surface area is 159 Å². The molecule has 1 atom stereocenters. The Hall–Kier alpha value is -1.97. The zero-order valence-corrected chi connectivity index (χ0v) is 16.2. The molecule has 1 aromatic rings. The number of carboxylic acids is 1. The number of hydrogen-bond acceptors (Lipinski definition) is 5. The first-order valence-corrected chi connectivity index (χ1v) is 10.5. The molecule has 1 aromatic carbocycles. The molecular weight excluding hydrogens is 372 g/mol. The number of morpholine rings is 1. The fraction of sp³-hybridized carbons (Fsp3) is 0.556. The van der Waals surface area contributed by atoms with Crippen LogP contribution in [-0.4, -0.2) is 62.1 Å². The van der Waals surface area contributed by atoms with Crippen molar-refractivity contribution in [2.75, 3.05) is 26.3 Å². The van der Waals surface area contributed by atoms with Crippen LogP contribution >= 0.6 is 0 Å². The van der Waals surface area contributed by atoms with E-state index in [0.717, 1.165) is 5.56 Å². The van der Waals surface area contributed by atoms with E-state index in [1.165, 1.54) is 16.4 Å². The maximum absolute atomic E-state index is 12.6. The van der Waals surface area contributed by atoms with Gasteiger partial charge in [-0.15, -0.1) is 0 Å². The van der Waals surface area contributed by atoms with Crippen LogP contribution < -0.4 is 5.32 Å². The smallest absolute Gasteiger partial charge is 0.326 e. The molecule has 1 saturated heterocycles. The van der Waals surface area contributed by atoms with Crippen molar-refractivity contribution in [3.05, 3.63) is 29.8 Å². The van der Waals surface area contributed by atoms with Crippen LogP contribution in [0.5, 0.6) is 0 Å². The van der Waals surface area contributed by atoms with Crippen LogP contribution in [0.2, 0.25) is 0 Å². The van der Waals surface area contributed by atoms with Gasteiger partial charge in [-0.2, -0.15) is 4.31 Å². The summed E-state index contributed by atoms with van der Waals surface area (Å²) < 4.78 is 31.7. The van der Waals surface area contributed by atoms with Gasteiger partial charge in [0.25, 0.3) is 0 Å². The molecule has 0 radical (unpaired) electrons. The van der Waals surface area contributed by atoms with E-state index in [1.807, 2.05) is 6.92 Å². The van der Waals surface area contributed by atoms with Gasteiger partial charge in [0, 0.05) is 19.5 Å². The average Bonchev–Trinajstić information content (AvgIpc) is 2.67. The summed E-state index contributed by atoms with van der Waals surface area (Å²) >= 11 is 0. The van der Waals surface area contributed by atoms with Crippen molar-refractivity contribution in [2.45, 2.75) is 43.5 Å². The fourth-order valence-corrected chi connectivity index (χ4v) is 4.24. The van der Waals surface area contributed by atoms with Gasteiger partial charge in [-0.1, -0.05) is 25.5 Å². The summed E-state index contributed by atoms with van der Waals surface area (Å²) in [6.45, 7) is 3.32. The minimum absolute atomic E-state index is 0.142. The zero-order valence-electron chi connectivity index (χ0n) is 15.4. The number of aryl methyl sites for hydroxylation is 1. The molecule has 9 heteroatoms. The second-order valence-electron chi connectivity index (χ2n) is 6.41. The van der Waals surface area contributed by atoms with Gasteiger partial charge in [-0.3, -0.25) is 4.79 Å². The van der Waals surface area contributed by atoms with E-state index in [2.05, 4.69) is 5.32 Å². The topological polar surface area (TPSA) is 113 Å². The number of rotatable bonds is 9. The Balaban J connectivity index is 1.91. The molecule has 1 heterocycles. The summed E-state index contributed by atoms with van der Waals surface area (Å²) in [7, 11) is -3.53. The van der Waals surface area contributed by atoms with Gasteiger partial charge >= 0.3 is 5.97 Å². The molecule has 0 aromatic heterocycles. The molecule has 0 bridgehead atoms. The molecule has 8 nitrogen and oxygen atoms in total. The molecule has 1 fully saturated rings. The monoisotopic (exact) mass is 398 g/mol. The van der Waals surface area contributed by atoms with E-state index in [0.29, 0.717) is 45.6 Å². The van der Waals surface area contributed by atoms with Crippen molar-refractivity contribution in [1.29, 1.82) is 0 Å². The highest BCUT2D eigenvalue weighted by molar-refractivity contribution is 7.89. The van der Waals surface area contributed by atoms with E-state index in [4.69, 9.17) is 9.84 Å². The van der Waals surface area contributed by atoms with Gasteiger partial charge in [0.1, 0.15) is 6.04 Å². The SMILES string of the molecule is CCCC(NC(=O)CCc1ccc(S(=O)(=O)N2CCOCC2)cc1)C(=O)O. The normalized spacial score (nSPS) is 16.6. The van der Waals surface area contributed by atoms with Crippen LogP contribution in [-0.2, 0) is 30.8 Å². The summed E-state index contributed by atoms with van der Waals surface area (Å²) in [5.74, 6) is -1.37. The average molecular weight is 398 g/mol. The zero-order chi connectivity index (χ0) is 19.9. The van der Waals surface area contributed by atoms with Crippen molar-refractivity contribution in [1.82, 2.24) is 9.62 Å². The maximum Gasteiger partial charge on any atom is 0.326 e. The Kier molecular flexibility index (Phi) is 7.76. The number of aliphatic carboxylic acids is 1. The lowest BCUT2D eigenvalue weighted by molar-refractivity contribution is -0.142. The third-order valence-electron chi connectivity index (χ3n) is 4.38. The third-order valence-corrected chi connectivity index (χ3v) is 6.30. The number of carbonyl (C=O) groups excluding carboxylic acids is 1. The number of ether oxygens (including phenoxy) is 1. The molecule has 1 unspecified atom stereocenters. The molecule has 1 amide bonds. The van der Waals surface area contributed by atoms with Crippen LogP contribution in [0.4, 0.5) is 0 Å². The fourth-order valence-electron chi connectivity index (χ4n) is 2.83. The molecule has 2 N–H and O–H groups in total. The number of carbonyl (C=O) groups is 2. The van der Waals surface area contributed by atoms with Crippen molar-refractivity contribution >= 4 is 21.9 Å². The van der Waals surface area contributed by atoms with Crippen LogP contribution in [0.25, 0.3) is 0 Å². The Morgan fingerprint density at radius 3 is 2.41 bits per heavy atom. The number of benzene rings is 1. The quantitative estimate of drug-likeness (QED) is 0.642. The molecule has 1 aliphatic heterocycles. The number of amides is 1. The van der Waals surface area contributed by atoms with Gasteiger partial charge in [-0.05, 0) is 30.5 Å². The molecule has 1 aliphatic rings. The first-order chi connectivity index (χ1) is 12.8. The number of nitrogens with zero attached hydrogens (tertiary/aromatic N) is 1. The lowest BCUT2D eigenvalue weighted by atomic mass is 10.1. The summed E-state index contributed by atoms with van der Waals surface area (Å²) in [5, 5.41) is 11.6. The highest BCUT2D eigenvalue weighted by Crippen LogP contribution is 2.18. The summed E-state index contributed by atoms with van der Waals surface area (Å²) in [4.78, 5) is 23.2. The summed E-state index contributed by atoms with van der Waals surface area (Å²) in [6.07, 6.45) is 1.59. The first-order valence-electron chi connectivity index (χ1n) is 9.03. The molecule has 27 heavy (non-hydrogen) atoms. The minimum Gasteiger partial charge on any atom is -0.480 e. The summed E-state index contributed by atoms with van der Waals surface area (Å²) in [5.41, 5.74) is 0.813. The molecule has 0 saturated carbocycles. The predicted molar refractivity (Wildman–Crippen MR) is 98.8 cm³/mol. The Morgan fingerprint density at radius 2 is 1.85 bits per heavy atom. The van der Waals surface area contributed by atoms with Crippen molar-refractivity contribution in [3.8, 4) is 0 Å². The van der Waals surface area contributed by atoms with E-state index in [9.17, 15) is 18.0 Å². The number of sulfonamides is 1.